The maximum absolute atomic E-state index is 13.4. The molecule has 0 bridgehead atoms. The topological polar surface area (TPSA) is 18.5 Å². The van der Waals surface area contributed by atoms with E-state index in [1.165, 1.54) is 6.07 Å². The number of rotatable bonds is 7. The molecule has 0 saturated carbocycles. The van der Waals surface area contributed by atoms with Gasteiger partial charge in [0.1, 0.15) is 0 Å². The summed E-state index contributed by atoms with van der Waals surface area (Å²) in [5.74, 6) is 0.0560. The van der Waals surface area contributed by atoms with E-state index in [1.54, 1.807) is 13.2 Å². The Morgan fingerprint density at radius 2 is 2.00 bits per heavy atom. The second kappa shape index (κ2) is 7.63. The van der Waals surface area contributed by atoms with Gasteiger partial charge in [-0.2, -0.15) is 0 Å². The van der Waals surface area contributed by atoms with Gasteiger partial charge in [-0.1, -0.05) is 28.1 Å². The second-order valence-electron chi connectivity index (χ2n) is 3.41. The Balaban J connectivity index is 2.46. The van der Waals surface area contributed by atoms with Crippen molar-refractivity contribution in [2.75, 3.05) is 20.3 Å². The lowest BCUT2D eigenvalue weighted by molar-refractivity contribution is 0.183. The number of hydrogen-bond acceptors (Lipinski definition) is 2. The third-order valence-corrected chi connectivity index (χ3v) is 2.79. The molecule has 4 heteroatoms. The highest BCUT2D eigenvalue weighted by Gasteiger charge is 2.08. The minimum atomic E-state index is -0.302. The number of hydrogen-bond donors (Lipinski definition) is 0. The third-order valence-electron chi connectivity index (χ3n) is 2.18. The molecule has 90 valence electrons. The molecule has 0 spiro atoms. The molecule has 0 aromatic heterocycles. The Labute approximate surface area is 104 Å². The van der Waals surface area contributed by atoms with Crippen molar-refractivity contribution in [3.05, 3.63) is 29.6 Å². The van der Waals surface area contributed by atoms with Crippen molar-refractivity contribution in [2.45, 2.75) is 18.2 Å². The average Bonchev–Trinajstić information content (AvgIpc) is 2.30. The molecule has 0 radical (unpaired) electrons. The minimum absolute atomic E-state index is 0.302. The second-order valence-corrected chi connectivity index (χ2v) is 3.97. The van der Waals surface area contributed by atoms with Gasteiger partial charge in [-0.3, -0.25) is 0 Å². The molecular formula is C12H16BrFO2. The van der Waals surface area contributed by atoms with Crippen LogP contribution in [0.25, 0.3) is 0 Å². The van der Waals surface area contributed by atoms with Crippen molar-refractivity contribution in [1.82, 2.24) is 0 Å². The largest absolute Gasteiger partial charge is 0.490 e. The van der Waals surface area contributed by atoms with Crippen LogP contribution in [0.1, 0.15) is 18.4 Å². The molecule has 0 fully saturated rings. The predicted octanol–water partition coefficient (Wildman–Crippen LogP) is 3.53. The Morgan fingerprint density at radius 1 is 1.25 bits per heavy atom. The molecule has 0 saturated heterocycles. The van der Waals surface area contributed by atoms with Crippen molar-refractivity contribution < 1.29 is 13.9 Å². The molecule has 0 amide bonds. The van der Waals surface area contributed by atoms with Gasteiger partial charge >= 0.3 is 0 Å². The highest BCUT2D eigenvalue weighted by molar-refractivity contribution is 9.08. The number of ether oxygens (including phenoxy) is 2. The van der Waals surface area contributed by atoms with E-state index in [9.17, 15) is 4.39 Å². The lowest BCUT2D eigenvalue weighted by Crippen LogP contribution is -2.03. The summed E-state index contributed by atoms with van der Waals surface area (Å²) >= 11 is 3.31. The summed E-state index contributed by atoms with van der Waals surface area (Å²) in [5, 5.41) is 0.595. The minimum Gasteiger partial charge on any atom is -0.490 e. The zero-order chi connectivity index (χ0) is 11.8. The Hall–Kier alpha value is -0.610. The molecule has 1 rings (SSSR count). The van der Waals surface area contributed by atoms with Crippen LogP contribution in [0.5, 0.6) is 5.75 Å². The van der Waals surface area contributed by atoms with Crippen LogP contribution in [0, 0.1) is 5.82 Å². The van der Waals surface area contributed by atoms with Gasteiger partial charge in [0.05, 0.1) is 6.61 Å². The van der Waals surface area contributed by atoms with Crippen LogP contribution in [0.15, 0.2) is 18.2 Å². The maximum Gasteiger partial charge on any atom is 0.165 e. The van der Waals surface area contributed by atoms with Crippen LogP contribution in [-0.4, -0.2) is 20.3 Å². The van der Waals surface area contributed by atoms with E-state index in [0.29, 0.717) is 24.3 Å². The Kier molecular flexibility index (Phi) is 6.42. The number of methoxy groups -OCH3 is 1. The summed E-state index contributed by atoms with van der Waals surface area (Å²) in [5.41, 5.74) is 0.840. The lowest BCUT2D eigenvalue weighted by atomic mass is 10.2. The number of halogens is 2. The van der Waals surface area contributed by atoms with Crippen LogP contribution >= 0.6 is 15.9 Å². The Bertz CT molecular complexity index is 318. The number of alkyl halides is 1. The third kappa shape index (κ3) is 4.10. The van der Waals surface area contributed by atoms with Crippen molar-refractivity contribution in [3.63, 3.8) is 0 Å². The van der Waals surface area contributed by atoms with Crippen LogP contribution in [0.2, 0.25) is 0 Å². The van der Waals surface area contributed by atoms with Gasteiger partial charge in [0.2, 0.25) is 0 Å². The molecule has 0 N–H and O–H groups in total. The van der Waals surface area contributed by atoms with Gasteiger partial charge in [0.25, 0.3) is 0 Å². The molecular weight excluding hydrogens is 275 g/mol. The first-order valence-corrected chi connectivity index (χ1v) is 6.37. The fraction of sp³-hybridized carbons (Fsp3) is 0.500. The van der Waals surface area contributed by atoms with Crippen molar-refractivity contribution in [2.24, 2.45) is 0 Å². The number of benzene rings is 1. The zero-order valence-corrected chi connectivity index (χ0v) is 10.9. The highest BCUT2D eigenvalue weighted by Crippen LogP contribution is 2.24. The van der Waals surface area contributed by atoms with Crippen LogP contribution in [-0.2, 0) is 10.1 Å². The summed E-state index contributed by atoms with van der Waals surface area (Å²) in [7, 11) is 1.67. The maximum atomic E-state index is 13.4. The monoisotopic (exact) mass is 290 g/mol. The molecule has 0 aliphatic carbocycles. The quantitative estimate of drug-likeness (QED) is 0.565. The zero-order valence-electron chi connectivity index (χ0n) is 9.34. The van der Waals surface area contributed by atoms with E-state index >= 15 is 0 Å². The normalized spacial score (nSPS) is 10.4. The molecule has 1 aromatic carbocycles. The predicted molar refractivity (Wildman–Crippen MR) is 65.6 cm³/mol. The van der Waals surface area contributed by atoms with Gasteiger partial charge in [0.15, 0.2) is 11.6 Å². The summed E-state index contributed by atoms with van der Waals surface area (Å²) in [4.78, 5) is 0. The first-order chi connectivity index (χ1) is 7.79. The molecule has 0 atom stereocenters. The first kappa shape index (κ1) is 13.5. The highest BCUT2D eigenvalue weighted by atomic mass is 79.9. The van der Waals surface area contributed by atoms with Crippen LogP contribution < -0.4 is 4.74 Å². The summed E-state index contributed by atoms with van der Waals surface area (Å²) in [6.07, 6.45) is 1.79. The molecule has 0 aliphatic heterocycles. The Morgan fingerprint density at radius 3 is 2.69 bits per heavy atom. The summed E-state index contributed by atoms with van der Waals surface area (Å²) < 4.78 is 23.8. The van der Waals surface area contributed by atoms with Gasteiger partial charge in [0, 0.05) is 24.6 Å². The van der Waals surface area contributed by atoms with Crippen LogP contribution in [0.3, 0.4) is 0 Å². The van der Waals surface area contributed by atoms with Crippen molar-refractivity contribution >= 4 is 15.9 Å². The fourth-order valence-electron chi connectivity index (χ4n) is 1.34. The standard InChI is InChI=1S/C12H16BrFO2/c1-15-7-2-3-8-16-12-10(9-13)5-4-6-11(12)14/h4-6H,2-3,7-9H2,1H3. The summed E-state index contributed by atoms with van der Waals surface area (Å²) in [6, 6.07) is 4.95. The van der Waals surface area contributed by atoms with Crippen molar-refractivity contribution in [1.29, 1.82) is 0 Å². The molecule has 0 unspecified atom stereocenters. The fourth-order valence-corrected chi connectivity index (χ4v) is 1.78. The van der Waals surface area contributed by atoms with Crippen molar-refractivity contribution in [3.8, 4) is 5.75 Å². The molecule has 2 nitrogen and oxygen atoms in total. The van der Waals surface area contributed by atoms with E-state index in [1.807, 2.05) is 6.07 Å². The van der Waals surface area contributed by atoms with E-state index in [2.05, 4.69) is 15.9 Å². The molecule has 16 heavy (non-hydrogen) atoms. The van der Waals surface area contributed by atoms with E-state index in [0.717, 1.165) is 18.4 Å². The average molecular weight is 291 g/mol. The van der Waals surface area contributed by atoms with Gasteiger partial charge in [-0.25, -0.2) is 4.39 Å². The molecule has 0 heterocycles. The smallest absolute Gasteiger partial charge is 0.165 e. The summed E-state index contributed by atoms with van der Waals surface area (Å²) in [6.45, 7) is 1.23. The van der Waals surface area contributed by atoms with E-state index < -0.39 is 0 Å². The first-order valence-electron chi connectivity index (χ1n) is 5.24. The number of para-hydroxylation sites is 1. The SMILES string of the molecule is COCCCCOc1c(F)cccc1CBr. The molecule has 1 aromatic rings. The van der Waals surface area contributed by atoms with E-state index in [4.69, 9.17) is 9.47 Å². The van der Waals surface area contributed by atoms with Gasteiger partial charge in [-0.15, -0.1) is 0 Å². The van der Waals surface area contributed by atoms with E-state index in [-0.39, 0.29) is 5.82 Å². The lowest BCUT2D eigenvalue weighted by Gasteiger charge is -2.10. The van der Waals surface area contributed by atoms with Crippen LogP contribution in [0.4, 0.5) is 4.39 Å². The molecule has 0 aliphatic rings. The van der Waals surface area contributed by atoms with Gasteiger partial charge < -0.3 is 9.47 Å². The van der Waals surface area contributed by atoms with Gasteiger partial charge in [-0.05, 0) is 18.9 Å². The number of unbranched alkanes of at least 4 members (excludes halogenated alkanes) is 1.